The Balaban J connectivity index is 1.65. The van der Waals surface area contributed by atoms with Gasteiger partial charge in [-0.25, -0.2) is 0 Å². The van der Waals surface area contributed by atoms with Crippen molar-refractivity contribution in [2.75, 3.05) is 26.2 Å². The average Bonchev–Trinajstić information content (AvgIpc) is 2.66. The lowest BCUT2D eigenvalue weighted by Gasteiger charge is -2.23. The van der Waals surface area contributed by atoms with E-state index in [4.69, 9.17) is 4.74 Å². The highest BCUT2D eigenvalue weighted by atomic mass is 19.4. The molecule has 0 saturated carbocycles. The van der Waals surface area contributed by atoms with Crippen LogP contribution in [-0.2, 0) is 4.74 Å². The van der Waals surface area contributed by atoms with E-state index in [1.54, 1.807) is 24.3 Å². The SMILES string of the molecule is O=C(NC[C@H]1CNCCO1)c1cccc(-c2ccc(OC(F)(F)F)cc2)c1. The summed E-state index contributed by atoms with van der Waals surface area (Å²) in [5, 5.41) is 6.02. The predicted octanol–water partition coefficient (Wildman–Crippen LogP) is 2.97. The van der Waals surface area contributed by atoms with Crippen LogP contribution in [0.1, 0.15) is 10.4 Å². The zero-order chi connectivity index (χ0) is 19.3. The fraction of sp³-hybridized carbons (Fsp3) is 0.316. The highest BCUT2D eigenvalue weighted by Gasteiger charge is 2.30. The van der Waals surface area contributed by atoms with E-state index in [2.05, 4.69) is 15.4 Å². The molecule has 0 spiro atoms. The number of carbonyl (C=O) groups is 1. The number of hydrogen-bond donors (Lipinski definition) is 2. The third-order valence-corrected chi connectivity index (χ3v) is 4.04. The zero-order valence-corrected chi connectivity index (χ0v) is 14.4. The maximum absolute atomic E-state index is 12.3. The minimum absolute atomic E-state index is 0.0629. The molecule has 2 aromatic rings. The topological polar surface area (TPSA) is 59.6 Å². The zero-order valence-electron chi connectivity index (χ0n) is 14.4. The number of hydrogen-bond acceptors (Lipinski definition) is 4. The highest BCUT2D eigenvalue weighted by molar-refractivity contribution is 5.95. The molecule has 1 heterocycles. The molecule has 3 rings (SSSR count). The Morgan fingerprint density at radius 1 is 1.19 bits per heavy atom. The molecule has 2 aromatic carbocycles. The second kappa shape index (κ2) is 8.41. The minimum Gasteiger partial charge on any atom is -0.406 e. The summed E-state index contributed by atoms with van der Waals surface area (Å²) in [4.78, 5) is 12.3. The quantitative estimate of drug-likeness (QED) is 0.837. The largest absolute Gasteiger partial charge is 0.573 e. The normalized spacial score (nSPS) is 17.4. The molecule has 0 aliphatic carbocycles. The Labute approximate surface area is 154 Å². The Hall–Kier alpha value is -2.58. The van der Waals surface area contributed by atoms with Gasteiger partial charge < -0.3 is 20.1 Å². The first kappa shape index (κ1) is 19.2. The van der Waals surface area contributed by atoms with E-state index >= 15 is 0 Å². The van der Waals surface area contributed by atoms with Gasteiger partial charge in [-0.15, -0.1) is 13.2 Å². The lowest BCUT2D eigenvalue weighted by molar-refractivity contribution is -0.274. The van der Waals surface area contributed by atoms with Gasteiger partial charge in [0.1, 0.15) is 5.75 Å². The first-order valence-electron chi connectivity index (χ1n) is 8.47. The molecular weight excluding hydrogens is 361 g/mol. The third kappa shape index (κ3) is 5.70. The van der Waals surface area contributed by atoms with Crippen molar-refractivity contribution in [2.24, 2.45) is 0 Å². The number of morpholine rings is 1. The van der Waals surface area contributed by atoms with E-state index in [1.165, 1.54) is 24.3 Å². The number of benzene rings is 2. The first-order chi connectivity index (χ1) is 12.9. The summed E-state index contributed by atoms with van der Waals surface area (Å²) in [6.45, 7) is 2.51. The summed E-state index contributed by atoms with van der Waals surface area (Å²) in [5.74, 6) is -0.524. The Kier molecular flexibility index (Phi) is 5.98. The molecule has 1 saturated heterocycles. The lowest BCUT2D eigenvalue weighted by atomic mass is 10.0. The van der Waals surface area contributed by atoms with Crippen molar-refractivity contribution in [3.8, 4) is 16.9 Å². The van der Waals surface area contributed by atoms with Crippen molar-refractivity contribution >= 4 is 5.91 Å². The van der Waals surface area contributed by atoms with E-state index < -0.39 is 6.36 Å². The molecule has 144 valence electrons. The molecule has 0 aromatic heterocycles. The second-order valence-electron chi connectivity index (χ2n) is 6.06. The molecule has 8 heteroatoms. The fourth-order valence-electron chi connectivity index (χ4n) is 2.75. The van der Waals surface area contributed by atoms with Gasteiger partial charge in [-0.2, -0.15) is 0 Å². The van der Waals surface area contributed by atoms with Gasteiger partial charge in [0.25, 0.3) is 5.91 Å². The standard InChI is InChI=1S/C19H19F3N2O3/c20-19(21,22)27-16-6-4-13(5-7-16)14-2-1-3-15(10-14)18(25)24-12-17-11-23-8-9-26-17/h1-7,10,17,23H,8-9,11-12H2,(H,24,25)/t17-/m1/s1. The molecule has 5 nitrogen and oxygen atoms in total. The molecule has 2 N–H and O–H groups in total. The molecule has 1 aliphatic rings. The van der Waals surface area contributed by atoms with Crippen molar-refractivity contribution in [3.63, 3.8) is 0 Å². The maximum Gasteiger partial charge on any atom is 0.573 e. The number of alkyl halides is 3. The van der Waals surface area contributed by atoms with Crippen LogP contribution in [0, 0.1) is 0 Å². The van der Waals surface area contributed by atoms with Crippen LogP contribution < -0.4 is 15.4 Å². The smallest absolute Gasteiger partial charge is 0.406 e. The highest BCUT2D eigenvalue weighted by Crippen LogP contribution is 2.27. The third-order valence-electron chi connectivity index (χ3n) is 4.04. The average molecular weight is 380 g/mol. The number of ether oxygens (including phenoxy) is 2. The molecule has 1 aliphatic heterocycles. The summed E-state index contributed by atoms with van der Waals surface area (Å²) >= 11 is 0. The van der Waals surface area contributed by atoms with Gasteiger partial charge in [-0.05, 0) is 35.4 Å². The molecule has 1 atom stereocenters. The molecule has 0 radical (unpaired) electrons. The summed E-state index contributed by atoms with van der Waals surface area (Å²) in [7, 11) is 0. The van der Waals surface area contributed by atoms with Crippen LogP contribution in [0.5, 0.6) is 5.75 Å². The molecule has 27 heavy (non-hydrogen) atoms. The van der Waals surface area contributed by atoms with Crippen molar-refractivity contribution < 1.29 is 27.4 Å². The van der Waals surface area contributed by atoms with E-state index in [0.29, 0.717) is 30.8 Å². The van der Waals surface area contributed by atoms with Gasteiger partial charge in [0, 0.05) is 25.2 Å². The van der Waals surface area contributed by atoms with Gasteiger partial charge in [0.15, 0.2) is 0 Å². The van der Waals surface area contributed by atoms with Crippen molar-refractivity contribution in [1.29, 1.82) is 0 Å². The summed E-state index contributed by atoms with van der Waals surface area (Å²) in [6, 6.07) is 12.4. The van der Waals surface area contributed by atoms with Crippen LogP contribution in [-0.4, -0.2) is 44.6 Å². The Morgan fingerprint density at radius 3 is 2.63 bits per heavy atom. The number of carbonyl (C=O) groups excluding carboxylic acids is 1. The van der Waals surface area contributed by atoms with Gasteiger partial charge >= 0.3 is 6.36 Å². The first-order valence-corrected chi connectivity index (χ1v) is 8.47. The van der Waals surface area contributed by atoms with Crippen molar-refractivity contribution in [1.82, 2.24) is 10.6 Å². The maximum atomic E-state index is 12.3. The van der Waals surface area contributed by atoms with E-state index in [9.17, 15) is 18.0 Å². The van der Waals surface area contributed by atoms with Crippen LogP contribution >= 0.6 is 0 Å². The van der Waals surface area contributed by atoms with Gasteiger partial charge in [-0.1, -0.05) is 24.3 Å². The van der Waals surface area contributed by atoms with Crippen LogP contribution in [0.25, 0.3) is 11.1 Å². The lowest BCUT2D eigenvalue weighted by Crippen LogP contribution is -2.45. The molecular formula is C19H19F3N2O3. The summed E-state index contributed by atoms with van der Waals surface area (Å²) in [6.07, 6.45) is -4.79. The minimum atomic E-state index is -4.73. The molecule has 0 bridgehead atoms. The Bertz CT molecular complexity index is 773. The van der Waals surface area contributed by atoms with Gasteiger partial charge in [-0.3, -0.25) is 4.79 Å². The monoisotopic (exact) mass is 380 g/mol. The van der Waals surface area contributed by atoms with Crippen LogP contribution in [0.3, 0.4) is 0 Å². The van der Waals surface area contributed by atoms with Crippen LogP contribution in [0.2, 0.25) is 0 Å². The fourth-order valence-corrected chi connectivity index (χ4v) is 2.75. The molecule has 1 fully saturated rings. The summed E-state index contributed by atoms with van der Waals surface area (Å²) in [5.41, 5.74) is 1.86. The predicted molar refractivity (Wildman–Crippen MR) is 93.5 cm³/mol. The number of halogens is 3. The second-order valence-corrected chi connectivity index (χ2v) is 6.06. The van der Waals surface area contributed by atoms with Gasteiger partial charge in [0.05, 0.1) is 12.7 Å². The van der Waals surface area contributed by atoms with Crippen LogP contribution in [0.4, 0.5) is 13.2 Å². The molecule has 0 unspecified atom stereocenters. The van der Waals surface area contributed by atoms with Crippen LogP contribution in [0.15, 0.2) is 48.5 Å². The van der Waals surface area contributed by atoms with Gasteiger partial charge in [0.2, 0.25) is 0 Å². The van der Waals surface area contributed by atoms with Crippen molar-refractivity contribution in [2.45, 2.75) is 12.5 Å². The number of amides is 1. The Morgan fingerprint density at radius 2 is 1.96 bits per heavy atom. The van der Waals surface area contributed by atoms with Crippen molar-refractivity contribution in [3.05, 3.63) is 54.1 Å². The number of nitrogens with one attached hydrogen (secondary N) is 2. The number of rotatable bonds is 5. The van der Waals surface area contributed by atoms with E-state index in [0.717, 1.165) is 12.1 Å². The molecule has 1 amide bonds. The summed E-state index contributed by atoms with van der Waals surface area (Å²) < 4.78 is 46.1. The van der Waals surface area contributed by atoms with E-state index in [-0.39, 0.29) is 17.8 Å². The van der Waals surface area contributed by atoms with E-state index in [1.807, 2.05) is 0 Å².